The molecular weight excluding hydrogens is 338 g/mol. The predicted octanol–water partition coefficient (Wildman–Crippen LogP) is 4.79. The second-order valence-electron chi connectivity index (χ2n) is 6.35. The smallest absolute Gasteiger partial charge is 0.231 e. The second kappa shape index (κ2) is 6.29. The van der Waals surface area contributed by atoms with Crippen LogP contribution in [0.2, 0.25) is 0 Å². The van der Waals surface area contributed by atoms with Gasteiger partial charge < -0.3 is 14.4 Å². The third-order valence-electron chi connectivity index (χ3n) is 4.68. The molecule has 27 heavy (non-hydrogen) atoms. The number of nitrogens with zero attached hydrogens (tertiary/aromatic N) is 3. The van der Waals surface area contributed by atoms with Gasteiger partial charge in [0.15, 0.2) is 17.3 Å². The van der Waals surface area contributed by atoms with Gasteiger partial charge in [0.2, 0.25) is 6.79 Å². The lowest BCUT2D eigenvalue weighted by atomic mass is 10.1. The summed E-state index contributed by atoms with van der Waals surface area (Å²) in [5.74, 6) is 3.07. The first-order chi connectivity index (χ1) is 13.3. The lowest BCUT2D eigenvalue weighted by molar-refractivity contribution is 0.174. The van der Waals surface area contributed by atoms with E-state index < -0.39 is 0 Å². The molecular formula is C22H17N3O2. The molecule has 132 valence electrons. The molecule has 5 heteroatoms. The van der Waals surface area contributed by atoms with Crippen LogP contribution in [0.5, 0.6) is 11.5 Å². The standard InChI is InChI=1S/C22H17N3O2/c1-25(16-11-12-19-20(13-16)27-14-26-19)22-17-9-5-6-10-18(17)23-21(24-22)15-7-3-2-4-8-15/h2-13H,14H2,1H3. The van der Waals surface area contributed by atoms with Crippen LogP contribution in [-0.2, 0) is 0 Å². The molecule has 0 saturated heterocycles. The average molecular weight is 355 g/mol. The van der Waals surface area contributed by atoms with Gasteiger partial charge in [-0.25, -0.2) is 9.97 Å². The quantitative estimate of drug-likeness (QED) is 0.529. The van der Waals surface area contributed by atoms with Gasteiger partial charge in [0, 0.05) is 29.8 Å². The molecule has 0 fully saturated rings. The largest absolute Gasteiger partial charge is 0.454 e. The highest BCUT2D eigenvalue weighted by molar-refractivity contribution is 5.93. The molecule has 0 amide bonds. The van der Waals surface area contributed by atoms with Crippen molar-refractivity contribution in [3.05, 3.63) is 72.8 Å². The van der Waals surface area contributed by atoms with Crippen molar-refractivity contribution < 1.29 is 9.47 Å². The van der Waals surface area contributed by atoms with E-state index in [1.165, 1.54) is 0 Å². The van der Waals surface area contributed by atoms with Crippen LogP contribution in [0.3, 0.4) is 0 Å². The number of rotatable bonds is 3. The predicted molar refractivity (Wildman–Crippen MR) is 106 cm³/mol. The Balaban J connectivity index is 1.67. The molecule has 0 N–H and O–H groups in total. The third-order valence-corrected chi connectivity index (χ3v) is 4.68. The molecule has 0 aliphatic carbocycles. The number of ether oxygens (including phenoxy) is 2. The first-order valence-corrected chi connectivity index (χ1v) is 8.75. The topological polar surface area (TPSA) is 47.5 Å². The number of fused-ring (bicyclic) bond motifs is 2. The fourth-order valence-corrected chi connectivity index (χ4v) is 3.25. The van der Waals surface area contributed by atoms with Crippen molar-refractivity contribution in [3.63, 3.8) is 0 Å². The van der Waals surface area contributed by atoms with Crippen LogP contribution in [0.15, 0.2) is 72.8 Å². The van der Waals surface area contributed by atoms with Crippen molar-refractivity contribution in [1.82, 2.24) is 9.97 Å². The van der Waals surface area contributed by atoms with Crippen LogP contribution in [0.25, 0.3) is 22.3 Å². The number of benzene rings is 3. The SMILES string of the molecule is CN(c1ccc2c(c1)OCO2)c1nc(-c2ccccc2)nc2ccccc12. The van der Waals surface area contributed by atoms with Gasteiger partial charge in [0.25, 0.3) is 0 Å². The summed E-state index contributed by atoms with van der Waals surface area (Å²) in [6.45, 7) is 0.261. The Morgan fingerprint density at radius 3 is 2.48 bits per heavy atom. The molecule has 0 radical (unpaired) electrons. The monoisotopic (exact) mass is 355 g/mol. The Morgan fingerprint density at radius 1 is 0.815 bits per heavy atom. The Bertz CT molecular complexity index is 1130. The molecule has 1 aliphatic heterocycles. The average Bonchev–Trinajstić information content (AvgIpc) is 3.21. The molecule has 3 aromatic carbocycles. The molecule has 5 nitrogen and oxygen atoms in total. The number of para-hydroxylation sites is 1. The summed E-state index contributed by atoms with van der Waals surface area (Å²) in [7, 11) is 2.00. The Kier molecular flexibility index (Phi) is 3.64. The highest BCUT2D eigenvalue weighted by Crippen LogP contribution is 2.38. The fraction of sp³-hybridized carbons (Fsp3) is 0.0909. The zero-order valence-corrected chi connectivity index (χ0v) is 14.8. The molecule has 1 aliphatic rings. The summed E-state index contributed by atoms with van der Waals surface area (Å²) in [4.78, 5) is 11.7. The third kappa shape index (κ3) is 2.73. The van der Waals surface area contributed by atoms with Crippen molar-refractivity contribution in [1.29, 1.82) is 0 Å². The number of hydrogen-bond donors (Lipinski definition) is 0. The molecule has 5 rings (SSSR count). The Hall–Kier alpha value is -3.60. The summed E-state index contributed by atoms with van der Waals surface area (Å²) in [6.07, 6.45) is 0. The van der Waals surface area contributed by atoms with Crippen LogP contribution in [0.1, 0.15) is 0 Å². The normalized spacial score (nSPS) is 12.3. The van der Waals surface area contributed by atoms with Crippen LogP contribution in [0.4, 0.5) is 11.5 Å². The minimum atomic E-state index is 0.261. The van der Waals surface area contributed by atoms with Gasteiger partial charge in [0.05, 0.1) is 5.52 Å². The minimum Gasteiger partial charge on any atom is -0.454 e. The van der Waals surface area contributed by atoms with Crippen LogP contribution >= 0.6 is 0 Å². The lowest BCUT2D eigenvalue weighted by Gasteiger charge is -2.21. The summed E-state index contributed by atoms with van der Waals surface area (Å²) >= 11 is 0. The van der Waals surface area contributed by atoms with Gasteiger partial charge in [-0.15, -0.1) is 0 Å². The molecule has 4 aromatic rings. The van der Waals surface area contributed by atoms with E-state index in [0.717, 1.165) is 39.5 Å². The van der Waals surface area contributed by atoms with Crippen molar-refractivity contribution >= 4 is 22.4 Å². The van der Waals surface area contributed by atoms with E-state index in [9.17, 15) is 0 Å². The molecule has 2 heterocycles. The van der Waals surface area contributed by atoms with E-state index in [1.807, 2.05) is 79.8 Å². The number of anilines is 2. The highest BCUT2D eigenvalue weighted by atomic mass is 16.7. The molecule has 0 unspecified atom stereocenters. The maximum absolute atomic E-state index is 5.52. The second-order valence-corrected chi connectivity index (χ2v) is 6.35. The van der Waals surface area contributed by atoms with Gasteiger partial charge in [-0.05, 0) is 24.3 Å². The Morgan fingerprint density at radius 2 is 1.59 bits per heavy atom. The molecule has 0 atom stereocenters. The van der Waals surface area contributed by atoms with E-state index in [1.54, 1.807) is 0 Å². The maximum atomic E-state index is 5.52. The van der Waals surface area contributed by atoms with E-state index in [4.69, 9.17) is 19.4 Å². The van der Waals surface area contributed by atoms with Gasteiger partial charge in [-0.2, -0.15) is 0 Å². The first kappa shape index (κ1) is 15.6. The van der Waals surface area contributed by atoms with Crippen LogP contribution < -0.4 is 14.4 Å². The van der Waals surface area contributed by atoms with Crippen molar-refractivity contribution in [2.75, 3.05) is 18.7 Å². The van der Waals surface area contributed by atoms with Gasteiger partial charge in [-0.3, -0.25) is 0 Å². The highest BCUT2D eigenvalue weighted by Gasteiger charge is 2.18. The first-order valence-electron chi connectivity index (χ1n) is 8.75. The molecule has 0 spiro atoms. The summed E-state index contributed by atoms with van der Waals surface area (Å²) < 4.78 is 10.9. The molecule has 0 saturated carbocycles. The van der Waals surface area contributed by atoms with Crippen LogP contribution in [-0.4, -0.2) is 23.8 Å². The zero-order valence-electron chi connectivity index (χ0n) is 14.8. The van der Waals surface area contributed by atoms with Crippen molar-refractivity contribution in [2.45, 2.75) is 0 Å². The van der Waals surface area contributed by atoms with Gasteiger partial charge in [-0.1, -0.05) is 42.5 Å². The maximum Gasteiger partial charge on any atom is 0.231 e. The summed E-state index contributed by atoms with van der Waals surface area (Å²) in [6, 6.07) is 24.0. The van der Waals surface area contributed by atoms with Gasteiger partial charge in [0.1, 0.15) is 5.82 Å². The van der Waals surface area contributed by atoms with Crippen LogP contribution in [0, 0.1) is 0 Å². The van der Waals surface area contributed by atoms with Gasteiger partial charge >= 0.3 is 0 Å². The summed E-state index contributed by atoms with van der Waals surface area (Å²) in [5.41, 5.74) is 2.87. The molecule has 1 aromatic heterocycles. The number of hydrogen-bond acceptors (Lipinski definition) is 5. The van der Waals surface area contributed by atoms with E-state index >= 15 is 0 Å². The minimum absolute atomic E-state index is 0.261. The number of aromatic nitrogens is 2. The zero-order chi connectivity index (χ0) is 18.2. The van der Waals surface area contributed by atoms with E-state index in [-0.39, 0.29) is 6.79 Å². The van der Waals surface area contributed by atoms with Crippen molar-refractivity contribution in [2.24, 2.45) is 0 Å². The van der Waals surface area contributed by atoms with Crippen molar-refractivity contribution in [3.8, 4) is 22.9 Å². The Labute approximate surface area is 156 Å². The summed E-state index contributed by atoms with van der Waals surface area (Å²) in [5, 5.41) is 0.998. The van der Waals surface area contributed by atoms with E-state index in [0.29, 0.717) is 5.82 Å². The fourth-order valence-electron chi connectivity index (χ4n) is 3.25. The molecule has 0 bridgehead atoms. The lowest BCUT2D eigenvalue weighted by Crippen LogP contribution is -2.13. The van der Waals surface area contributed by atoms with E-state index in [2.05, 4.69) is 4.90 Å².